The van der Waals surface area contributed by atoms with Crippen molar-refractivity contribution in [1.82, 2.24) is 0 Å². The minimum atomic E-state index is -1.07. The fourth-order valence-corrected chi connectivity index (χ4v) is 4.86. The van der Waals surface area contributed by atoms with Gasteiger partial charge in [0, 0.05) is 12.8 Å². The molecule has 0 saturated carbocycles. The van der Waals surface area contributed by atoms with Crippen LogP contribution in [0.4, 0.5) is 0 Å². The summed E-state index contributed by atoms with van der Waals surface area (Å²) in [5, 5.41) is 29.7. The van der Waals surface area contributed by atoms with Gasteiger partial charge in [-0.05, 0) is 59.4 Å². The van der Waals surface area contributed by atoms with E-state index in [1.54, 1.807) is 0 Å². The van der Waals surface area contributed by atoms with E-state index in [0.29, 0.717) is 13.0 Å². The lowest BCUT2D eigenvalue weighted by atomic mass is 9.91. The van der Waals surface area contributed by atoms with Crippen molar-refractivity contribution >= 4 is 0 Å². The number of benzene rings is 3. The summed E-state index contributed by atoms with van der Waals surface area (Å²) in [5.74, 6) is 1.77. The van der Waals surface area contributed by atoms with Gasteiger partial charge in [-0.3, -0.25) is 0 Å². The molecule has 35 heavy (non-hydrogen) atoms. The Balaban J connectivity index is 1.20. The van der Waals surface area contributed by atoms with E-state index in [9.17, 15) is 15.3 Å². The third-order valence-electron chi connectivity index (χ3n) is 6.96. The molecule has 0 aromatic heterocycles. The zero-order chi connectivity index (χ0) is 24.4. The van der Waals surface area contributed by atoms with E-state index >= 15 is 0 Å². The lowest BCUT2D eigenvalue weighted by Crippen LogP contribution is -2.47. The Labute approximate surface area is 205 Å². The molecule has 3 aromatic rings. The smallest absolute Gasteiger partial charge is 0.137 e. The monoisotopic (exact) mass is 476 g/mol. The van der Waals surface area contributed by atoms with E-state index in [-0.39, 0.29) is 18.8 Å². The molecule has 0 aliphatic carbocycles. The SMILES string of the molecule is Cc1ccc(C2CC(O)[C@H](O)C(CO)O2)cc1Cc1ccc(OCC2Cc3ccccc3O2)cc1. The fourth-order valence-electron chi connectivity index (χ4n) is 4.86. The van der Waals surface area contributed by atoms with Gasteiger partial charge in [0.25, 0.3) is 0 Å². The second-order valence-corrected chi connectivity index (χ2v) is 9.51. The summed E-state index contributed by atoms with van der Waals surface area (Å²) in [6, 6.07) is 22.4. The Hall–Kier alpha value is -2.90. The number of para-hydroxylation sites is 1. The molecule has 1 fully saturated rings. The molecule has 3 N–H and O–H groups in total. The molecule has 0 spiro atoms. The number of ether oxygens (including phenoxy) is 3. The Morgan fingerprint density at radius 1 is 1.00 bits per heavy atom. The summed E-state index contributed by atoms with van der Waals surface area (Å²) in [7, 11) is 0. The van der Waals surface area contributed by atoms with Crippen LogP contribution in [0.15, 0.2) is 66.7 Å². The van der Waals surface area contributed by atoms with Gasteiger partial charge in [-0.25, -0.2) is 0 Å². The summed E-state index contributed by atoms with van der Waals surface area (Å²) in [6.45, 7) is 2.25. The van der Waals surface area contributed by atoms with Crippen LogP contribution in [0, 0.1) is 6.92 Å². The van der Waals surface area contributed by atoms with Gasteiger partial charge in [0.1, 0.15) is 36.4 Å². The highest BCUT2D eigenvalue weighted by Gasteiger charge is 2.37. The van der Waals surface area contributed by atoms with Crippen molar-refractivity contribution < 1.29 is 29.5 Å². The number of hydrogen-bond donors (Lipinski definition) is 3. The Morgan fingerprint density at radius 3 is 2.57 bits per heavy atom. The Bertz CT molecular complexity index is 1120. The highest BCUT2D eigenvalue weighted by Crippen LogP contribution is 2.33. The first-order valence-electron chi connectivity index (χ1n) is 12.2. The van der Waals surface area contributed by atoms with Gasteiger partial charge in [-0.2, -0.15) is 0 Å². The molecule has 4 unspecified atom stereocenters. The zero-order valence-corrected chi connectivity index (χ0v) is 19.8. The average Bonchev–Trinajstić information content (AvgIpc) is 3.29. The van der Waals surface area contributed by atoms with E-state index in [2.05, 4.69) is 37.3 Å². The molecular formula is C29H32O6. The lowest BCUT2D eigenvalue weighted by Gasteiger charge is -2.36. The fraction of sp³-hybridized carbons (Fsp3) is 0.379. The van der Waals surface area contributed by atoms with Crippen LogP contribution in [-0.2, 0) is 17.6 Å². The molecule has 0 radical (unpaired) electrons. The largest absolute Gasteiger partial charge is 0.490 e. The second-order valence-electron chi connectivity index (χ2n) is 9.51. The number of aryl methyl sites for hydroxylation is 1. The van der Waals surface area contributed by atoms with Crippen molar-refractivity contribution in [3.63, 3.8) is 0 Å². The van der Waals surface area contributed by atoms with Crippen LogP contribution in [0.5, 0.6) is 11.5 Å². The predicted molar refractivity (Wildman–Crippen MR) is 132 cm³/mol. The van der Waals surface area contributed by atoms with E-state index in [0.717, 1.165) is 41.0 Å². The van der Waals surface area contributed by atoms with Gasteiger partial charge < -0.3 is 29.5 Å². The van der Waals surface area contributed by atoms with E-state index in [1.165, 1.54) is 11.1 Å². The number of aliphatic hydroxyl groups is 3. The van der Waals surface area contributed by atoms with Crippen molar-refractivity contribution in [2.24, 2.45) is 0 Å². The van der Waals surface area contributed by atoms with Crippen molar-refractivity contribution in [3.8, 4) is 11.5 Å². The number of hydrogen-bond acceptors (Lipinski definition) is 6. The van der Waals surface area contributed by atoms with Gasteiger partial charge in [-0.1, -0.05) is 48.5 Å². The topological polar surface area (TPSA) is 88.4 Å². The molecule has 0 amide bonds. The summed E-state index contributed by atoms with van der Waals surface area (Å²) in [5.41, 5.74) is 5.66. The van der Waals surface area contributed by atoms with Gasteiger partial charge in [-0.15, -0.1) is 0 Å². The quantitative estimate of drug-likeness (QED) is 0.484. The molecule has 1 saturated heterocycles. The van der Waals surface area contributed by atoms with Crippen molar-refractivity contribution in [3.05, 3.63) is 94.5 Å². The van der Waals surface area contributed by atoms with Crippen LogP contribution >= 0.6 is 0 Å². The van der Waals surface area contributed by atoms with E-state index < -0.39 is 18.3 Å². The van der Waals surface area contributed by atoms with Crippen LogP contribution < -0.4 is 9.47 Å². The summed E-state index contributed by atoms with van der Waals surface area (Å²) >= 11 is 0. The second kappa shape index (κ2) is 10.4. The highest BCUT2D eigenvalue weighted by atomic mass is 16.5. The summed E-state index contributed by atoms with van der Waals surface area (Å²) < 4.78 is 17.8. The maximum absolute atomic E-state index is 10.2. The predicted octanol–water partition coefficient (Wildman–Crippen LogP) is 3.51. The first-order valence-corrected chi connectivity index (χ1v) is 12.2. The van der Waals surface area contributed by atoms with Crippen LogP contribution in [0.25, 0.3) is 0 Å². The minimum Gasteiger partial charge on any atom is -0.490 e. The third-order valence-corrected chi connectivity index (χ3v) is 6.96. The van der Waals surface area contributed by atoms with Crippen LogP contribution in [0.1, 0.15) is 40.3 Å². The first-order chi connectivity index (χ1) is 17.0. The normalized spacial score (nSPS) is 25.7. The molecule has 3 aromatic carbocycles. The molecule has 6 heteroatoms. The Morgan fingerprint density at radius 2 is 1.80 bits per heavy atom. The number of aliphatic hydroxyl groups excluding tert-OH is 3. The maximum Gasteiger partial charge on any atom is 0.137 e. The maximum atomic E-state index is 10.2. The van der Waals surface area contributed by atoms with E-state index in [4.69, 9.17) is 14.2 Å². The molecule has 2 aliphatic rings. The molecule has 184 valence electrons. The van der Waals surface area contributed by atoms with Gasteiger partial charge in [0.15, 0.2) is 0 Å². The van der Waals surface area contributed by atoms with Gasteiger partial charge in [0.2, 0.25) is 0 Å². The molecule has 0 bridgehead atoms. The molecule has 5 rings (SSSR count). The van der Waals surface area contributed by atoms with Crippen molar-refractivity contribution in [2.45, 2.75) is 56.7 Å². The first kappa shape index (κ1) is 23.8. The van der Waals surface area contributed by atoms with Crippen molar-refractivity contribution in [1.29, 1.82) is 0 Å². The lowest BCUT2D eigenvalue weighted by molar-refractivity contribution is -0.181. The van der Waals surface area contributed by atoms with Gasteiger partial charge >= 0.3 is 0 Å². The average molecular weight is 477 g/mol. The van der Waals surface area contributed by atoms with Crippen LogP contribution in [-0.4, -0.2) is 52.9 Å². The van der Waals surface area contributed by atoms with Crippen LogP contribution in [0.2, 0.25) is 0 Å². The molecule has 6 nitrogen and oxygen atoms in total. The molecule has 5 atom stereocenters. The minimum absolute atomic E-state index is 0.0320. The van der Waals surface area contributed by atoms with Crippen LogP contribution in [0.3, 0.4) is 0 Å². The molecule has 2 aliphatic heterocycles. The number of rotatable bonds is 7. The Kier molecular flexibility index (Phi) is 7.07. The summed E-state index contributed by atoms with van der Waals surface area (Å²) in [6.07, 6.45) is -1.21. The molecule has 2 heterocycles. The zero-order valence-electron chi connectivity index (χ0n) is 19.8. The molecular weight excluding hydrogens is 444 g/mol. The summed E-state index contributed by atoms with van der Waals surface area (Å²) in [4.78, 5) is 0. The standard InChI is InChI=1S/C29H32O6/c1-18-6-9-21(27-15-25(31)29(32)28(16-30)35-27)13-22(18)12-19-7-10-23(11-8-19)33-17-24-14-20-4-2-3-5-26(20)34-24/h2-11,13,24-25,27-32H,12,14-17H2,1H3/t24?,25?,27?,28?,29-/m0/s1. The van der Waals surface area contributed by atoms with E-state index in [1.807, 2.05) is 36.4 Å². The van der Waals surface area contributed by atoms with Gasteiger partial charge in [0.05, 0.1) is 18.8 Å². The number of fused-ring (bicyclic) bond motifs is 1. The highest BCUT2D eigenvalue weighted by molar-refractivity contribution is 5.39. The third kappa shape index (κ3) is 5.36. The van der Waals surface area contributed by atoms with Crippen molar-refractivity contribution in [2.75, 3.05) is 13.2 Å².